The molecule has 0 saturated heterocycles. The van der Waals surface area contributed by atoms with Gasteiger partial charge in [0.2, 0.25) is 5.91 Å². The summed E-state index contributed by atoms with van der Waals surface area (Å²) < 4.78 is 23.8. The van der Waals surface area contributed by atoms with E-state index in [1.165, 1.54) is 263 Å². The number of unbranched alkanes of at least 4 members (excludes halogenated alkanes) is 43. The molecular weight excluding hydrogens is 972 g/mol. The second kappa shape index (κ2) is 59.1. The maximum Gasteiger partial charge on any atom is 0.472 e. The minimum Gasteiger partial charge on any atom is -0.387 e. The Morgan fingerprint density at radius 1 is 0.442 bits per heavy atom. The summed E-state index contributed by atoms with van der Waals surface area (Å²) in [7, 11) is 1.57. The summed E-state index contributed by atoms with van der Waals surface area (Å²) in [4.78, 5) is 23.4. The molecule has 0 saturated carbocycles. The van der Waals surface area contributed by atoms with Crippen molar-refractivity contribution in [2.75, 3.05) is 40.9 Å². The average molecular weight is 1100 g/mol. The Morgan fingerprint density at radius 3 is 1.12 bits per heavy atom. The van der Waals surface area contributed by atoms with Gasteiger partial charge in [-0.1, -0.05) is 306 Å². The van der Waals surface area contributed by atoms with Crippen molar-refractivity contribution in [2.24, 2.45) is 0 Å². The van der Waals surface area contributed by atoms with E-state index in [-0.39, 0.29) is 19.1 Å². The van der Waals surface area contributed by atoms with Gasteiger partial charge >= 0.3 is 7.82 Å². The topological polar surface area (TPSA) is 105 Å². The number of phosphoric acid groups is 1. The third kappa shape index (κ3) is 61.9. The molecule has 3 atom stereocenters. The molecule has 0 rings (SSSR count). The molecule has 0 fully saturated rings. The second-order valence-corrected chi connectivity index (χ2v) is 25.6. The van der Waals surface area contributed by atoms with Crippen molar-refractivity contribution >= 4 is 13.7 Å². The Labute approximate surface area is 479 Å². The SMILES string of the molecule is CCCCCCC/C=C\C/C=C\CCCCCCCCCCCCCCCCCCCCCCCCCC(=O)NC(COP(=O)(O)OCC[N+](C)(C)C)C(O)/C=C/CC/C=C/CCCCCCCCCCCCCCCC. The third-order valence-corrected chi connectivity index (χ3v) is 16.3. The van der Waals surface area contributed by atoms with Crippen LogP contribution in [0, 0.1) is 0 Å². The zero-order chi connectivity index (χ0) is 56.3. The van der Waals surface area contributed by atoms with E-state index in [0.29, 0.717) is 17.4 Å². The van der Waals surface area contributed by atoms with Crippen LogP contribution < -0.4 is 5.32 Å². The summed E-state index contributed by atoms with van der Waals surface area (Å²) in [5.41, 5.74) is 0. The highest BCUT2D eigenvalue weighted by Gasteiger charge is 2.28. The van der Waals surface area contributed by atoms with E-state index in [9.17, 15) is 19.4 Å². The highest BCUT2D eigenvalue weighted by atomic mass is 31.2. The average Bonchev–Trinajstić information content (AvgIpc) is 3.39. The highest BCUT2D eigenvalue weighted by Crippen LogP contribution is 2.43. The lowest BCUT2D eigenvalue weighted by molar-refractivity contribution is -0.870. The van der Waals surface area contributed by atoms with Crippen LogP contribution in [0.4, 0.5) is 0 Å². The fraction of sp³-hybridized carbons (Fsp3) is 0.868. The summed E-state index contributed by atoms with van der Waals surface area (Å²) in [6.07, 6.45) is 79.7. The van der Waals surface area contributed by atoms with E-state index in [1.807, 2.05) is 27.2 Å². The molecule has 454 valence electrons. The molecule has 0 aromatic heterocycles. The molecule has 0 aromatic rings. The smallest absolute Gasteiger partial charge is 0.387 e. The molecule has 0 aromatic carbocycles. The molecule has 0 aliphatic rings. The quantitative estimate of drug-likeness (QED) is 0.0243. The normalized spacial score (nSPS) is 14.0. The van der Waals surface area contributed by atoms with Gasteiger partial charge in [-0.15, -0.1) is 0 Å². The number of amides is 1. The van der Waals surface area contributed by atoms with Crippen LogP contribution in [-0.4, -0.2) is 73.4 Å². The van der Waals surface area contributed by atoms with Crippen molar-refractivity contribution < 1.29 is 32.9 Å². The largest absolute Gasteiger partial charge is 0.472 e. The van der Waals surface area contributed by atoms with E-state index in [2.05, 4.69) is 55.6 Å². The first-order chi connectivity index (χ1) is 37.5. The van der Waals surface area contributed by atoms with Crippen molar-refractivity contribution in [3.63, 3.8) is 0 Å². The van der Waals surface area contributed by atoms with Gasteiger partial charge in [0.1, 0.15) is 13.2 Å². The zero-order valence-corrected chi connectivity index (χ0v) is 52.9. The van der Waals surface area contributed by atoms with E-state index in [1.54, 1.807) is 6.08 Å². The van der Waals surface area contributed by atoms with Crippen molar-refractivity contribution in [1.29, 1.82) is 0 Å². The molecule has 0 aliphatic carbocycles. The molecule has 0 radical (unpaired) electrons. The second-order valence-electron chi connectivity index (χ2n) is 24.2. The first-order valence-corrected chi connectivity index (χ1v) is 35.0. The Kier molecular flexibility index (Phi) is 57.9. The van der Waals surface area contributed by atoms with Crippen LogP contribution in [0.15, 0.2) is 48.6 Å². The lowest BCUT2D eigenvalue weighted by Gasteiger charge is -2.25. The lowest BCUT2D eigenvalue weighted by atomic mass is 10.0. The van der Waals surface area contributed by atoms with Gasteiger partial charge in [-0.05, 0) is 64.2 Å². The van der Waals surface area contributed by atoms with E-state index < -0.39 is 20.0 Å². The van der Waals surface area contributed by atoms with Crippen LogP contribution in [0.3, 0.4) is 0 Å². The lowest BCUT2D eigenvalue weighted by Crippen LogP contribution is -2.45. The van der Waals surface area contributed by atoms with Crippen LogP contribution in [0.1, 0.15) is 328 Å². The number of aliphatic hydroxyl groups excluding tert-OH is 1. The maximum absolute atomic E-state index is 13.0. The first kappa shape index (κ1) is 75.5. The number of nitrogens with one attached hydrogen (secondary N) is 1. The van der Waals surface area contributed by atoms with Crippen molar-refractivity contribution in [3.05, 3.63) is 48.6 Å². The van der Waals surface area contributed by atoms with Crippen LogP contribution >= 0.6 is 7.82 Å². The molecule has 1 amide bonds. The van der Waals surface area contributed by atoms with Gasteiger partial charge in [0, 0.05) is 6.42 Å². The number of quaternary nitrogens is 1. The van der Waals surface area contributed by atoms with Crippen molar-refractivity contribution in [2.45, 2.75) is 341 Å². The molecule has 0 heterocycles. The predicted octanol–water partition coefficient (Wildman–Crippen LogP) is 21.1. The van der Waals surface area contributed by atoms with Crippen LogP contribution in [0.25, 0.3) is 0 Å². The van der Waals surface area contributed by atoms with Gasteiger partial charge in [0.25, 0.3) is 0 Å². The third-order valence-electron chi connectivity index (χ3n) is 15.3. The molecule has 3 N–H and O–H groups in total. The standard InChI is InChI=1S/C68H131N2O6P/c1-6-8-10-12-14-16-18-20-22-24-26-28-29-30-31-32-33-34-35-36-37-38-39-40-41-42-44-46-48-50-52-54-56-58-60-62-68(72)69-66(65-76-77(73,74)75-64-63-70(3,4)5)67(71)61-59-57-55-53-51-49-47-45-43-27-25-23-21-19-17-15-13-11-9-7-2/h18,20,24,26,51,53,59,61,66-67,71H,6-17,19,21-23,25,27-50,52,54-58,60,62-65H2,1-5H3,(H-,69,72,73,74)/p+1/b20-18-,26-24-,53-51+,61-59+. The summed E-state index contributed by atoms with van der Waals surface area (Å²) >= 11 is 0. The number of phosphoric ester groups is 1. The molecule has 3 unspecified atom stereocenters. The molecule has 8 nitrogen and oxygen atoms in total. The summed E-state index contributed by atoms with van der Waals surface area (Å²) in [6, 6.07) is -0.863. The summed E-state index contributed by atoms with van der Waals surface area (Å²) in [5.74, 6) is -0.181. The Hall–Kier alpha value is -1.54. The van der Waals surface area contributed by atoms with Crippen LogP contribution in [-0.2, 0) is 18.4 Å². The minimum absolute atomic E-state index is 0.0574. The van der Waals surface area contributed by atoms with Gasteiger partial charge in [-0.2, -0.15) is 0 Å². The number of hydrogen-bond donors (Lipinski definition) is 3. The monoisotopic (exact) mass is 1100 g/mol. The zero-order valence-electron chi connectivity index (χ0n) is 52.0. The maximum atomic E-state index is 13.0. The van der Waals surface area contributed by atoms with Crippen LogP contribution in [0.2, 0.25) is 0 Å². The van der Waals surface area contributed by atoms with Crippen molar-refractivity contribution in [1.82, 2.24) is 5.32 Å². The predicted molar refractivity (Wildman–Crippen MR) is 337 cm³/mol. The number of likely N-dealkylation sites (N-methyl/N-ethyl adjacent to an activating group) is 1. The molecule has 77 heavy (non-hydrogen) atoms. The van der Waals surface area contributed by atoms with E-state index in [4.69, 9.17) is 9.05 Å². The first-order valence-electron chi connectivity index (χ1n) is 33.5. The number of allylic oxidation sites excluding steroid dienone is 7. The number of hydrogen-bond acceptors (Lipinski definition) is 5. The van der Waals surface area contributed by atoms with Gasteiger partial charge in [-0.3, -0.25) is 13.8 Å². The fourth-order valence-corrected chi connectivity index (χ4v) is 10.8. The van der Waals surface area contributed by atoms with Gasteiger partial charge in [0.15, 0.2) is 0 Å². The fourth-order valence-electron chi connectivity index (χ4n) is 10.0. The van der Waals surface area contributed by atoms with Gasteiger partial charge in [-0.25, -0.2) is 4.57 Å². The van der Waals surface area contributed by atoms with Crippen molar-refractivity contribution in [3.8, 4) is 0 Å². The highest BCUT2D eigenvalue weighted by molar-refractivity contribution is 7.47. The number of carbonyl (C=O) groups excluding carboxylic acids is 1. The molecule has 0 aliphatic heterocycles. The summed E-state index contributed by atoms with van der Waals surface area (Å²) in [5, 5.41) is 14.0. The minimum atomic E-state index is -4.36. The Morgan fingerprint density at radius 2 is 0.753 bits per heavy atom. The Balaban J connectivity index is 4.03. The van der Waals surface area contributed by atoms with E-state index in [0.717, 1.165) is 44.9 Å². The number of aliphatic hydroxyl groups is 1. The van der Waals surface area contributed by atoms with Gasteiger partial charge in [0.05, 0.1) is 39.9 Å². The molecule has 0 spiro atoms. The molecule has 0 bridgehead atoms. The van der Waals surface area contributed by atoms with Gasteiger partial charge < -0.3 is 19.8 Å². The molecule has 9 heteroatoms. The van der Waals surface area contributed by atoms with Crippen LogP contribution in [0.5, 0.6) is 0 Å². The Bertz CT molecular complexity index is 1390. The summed E-state index contributed by atoms with van der Waals surface area (Å²) in [6.45, 7) is 4.83. The number of nitrogens with zero attached hydrogens (tertiary/aromatic N) is 1. The number of rotatable bonds is 62. The molecular formula is C68H132N2O6P+. The number of carbonyl (C=O) groups is 1. The van der Waals surface area contributed by atoms with E-state index >= 15 is 0 Å².